The van der Waals surface area contributed by atoms with Gasteiger partial charge in [0, 0.05) is 27.9 Å². The van der Waals surface area contributed by atoms with Crippen molar-refractivity contribution in [3.05, 3.63) is 77.9 Å². The average molecular weight is 393 g/mol. The summed E-state index contributed by atoms with van der Waals surface area (Å²) in [6, 6.07) is 13.9. The van der Waals surface area contributed by atoms with Gasteiger partial charge < -0.3 is 10.1 Å². The van der Waals surface area contributed by atoms with Crippen LogP contribution in [0.3, 0.4) is 0 Å². The lowest BCUT2D eigenvalue weighted by atomic mass is 10.2. The van der Waals surface area contributed by atoms with Gasteiger partial charge in [-0.05, 0) is 55.3 Å². The quantitative estimate of drug-likeness (QED) is 0.637. The highest BCUT2D eigenvalue weighted by Crippen LogP contribution is 2.31. The van der Waals surface area contributed by atoms with Crippen molar-refractivity contribution in [2.45, 2.75) is 23.6 Å². The minimum absolute atomic E-state index is 0.0584. The summed E-state index contributed by atoms with van der Waals surface area (Å²) in [4.78, 5) is 33.6. The molecule has 1 N–H and O–H groups in total. The van der Waals surface area contributed by atoms with Crippen LogP contribution in [0.5, 0.6) is 0 Å². The summed E-state index contributed by atoms with van der Waals surface area (Å²) in [5, 5.41) is 2.70. The second-order valence-corrected chi connectivity index (χ2v) is 7.23. The molecule has 0 aliphatic heterocycles. The number of aryl methyl sites for hydroxylation is 2. The van der Waals surface area contributed by atoms with Crippen molar-refractivity contribution >= 4 is 29.3 Å². The van der Waals surface area contributed by atoms with Gasteiger partial charge in [-0.2, -0.15) is 0 Å². The zero-order valence-electron chi connectivity index (χ0n) is 15.5. The molecule has 0 spiro atoms. The van der Waals surface area contributed by atoms with Crippen LogP contribution in [0, 0.1) is 13.8 Å². The molecule has 0 saturated heterocycles. The minimum atomic E-state index is -0.691. The molecular formula is C21H19N3O3S. The van der Waals surface area contributed by atoms with Gasteiger partial charge in [0.05, 0.1) is 6.20 Å². The predicted molar refractivity (Wildman–Crippen MR) is 107 cm³/mol. The van der Waals surface area contributed by atoms with Crippen LogP contribution in [0.2, 0.25) is 0 Å². The minimum Gasteiger partial charge on any atom is -0.451 e. The van der Waals surface area contributed by atoms with Gasteiger partial charge in [0.15, 0.2) is 12.3 Å². The van der Waals surface area contributed by atoms with Gasteiger partial charge in [0.25, 0.3) is 5.91 Å². The van der Waals surface area contributed by atoms with Crippen LogP contribution in [-0.2, 0) is 9.53 Å². The number of anilines is 1. The molecule has 1 amide bonds. The van der Waals surface area contributed by atoms with Gasteiger partial charge >= 0.3 is 5.97 Å². The molecule has 3 rings (SSSR count). The molecule has 0 atom stereocenters. The maximum atomic E-state index is 12.0. The van der Waals surface area contributed by atoms with Gasteiger partial charge in [0.2, 0.25) is 0 Å². The van der Waals surface area contributed by atoms with E-state index < -0.39 is 18.5 Å². The number of nitrogens with one attached hydrogen (secondary N) is 1. The van der Waals surface area contributed by atoms with E-state index in [0.29, 0.717) is 5.69 Å². The van der Waals surface area contributed by atoms with E-state index in [1.54, 1.807) is 11.8 Å². The molecule has 6 nitrogen and oxygen atoms in total. The number of hydrogen-bond acceptors (Lipinski definition) is 6. The van der Waals surface area contributed by atoms with Gasteiger partial charge in [0.1, 0.15) is 0 Å². The van der Waals surface area contributed by atoms with Crippen molar-refractivity contribution in [2.24, 2.45) is 0 Å². The van der Waals surface area contributed by atoms with E-state index in [9.17, 15) is 9.59 Å². The highest BCUT2D eigenvalue weighted by atomic mass is 32.2. The maximum Gasteiger partial charge on any atom is 0.359 e. The number of nitrogens with zero attached hydrogens (tertiary/aromatic N) is 2. The normalized spacial score (nSPS) is 10.4. The van der Waals surface area contributed by atoms with Crippen LogP contribution in [0.25, 0.3) is 0 Å². The van der Waals surface area contributed by atoms with Gasteiger partial charge in [-0.25, -0.2) is 9.78 Å². The van der Waals surface area contributed by atoms with Gasteiger partial charge in [-0.3, -0.25) is 9.78 Å². The molecule has 0 unspecified atom stereocenters. The molecule has 1 aromatic heterocycles. The maximum absolute atomic E-state index is 12.0. The van der Waals surface area contributed by atoms with Gasteiger partial charge in [-0.1, -0.05) is 23.9 Å². The Balaban J connectivity index is 1.53. The van der Waals surface area contributed by atoms with E-state index in [2.05, 4.69) is 47.3 Å². The average Bonchev–Trinajstić information content (AvgIpc) is 2.71. The largest absolute Gasteiger partial charge is 0.451 e. The third kappa shape index (κ3) is 5.40. The first-order chi connectivity index (χ1) is 13.5. The summed E-state index contributed by atoms with van der Waals surface area (Å²) in [6.07, 6.45) is 4.12. The fourth-order valence-electron chi connectivity index (χ4n) is 2.36. The van der Waals surface area contributed by atoms with E-state index in [0.717, 1.165) is 4.90 Å². The highest BCUT2D eigenvalue weighted by molar-refractivity contribution is 7.99. The van der Waals surface area contributed by atoms with Crippen molar-refractivity contribution in [1.29, 1.82) is 0 Å². The summed E-state index contributed by atoms with van der Waals surface area (Å²) in [5.74, 6) is -1.12. The van der Waals surface area contributed by atoms with Crippen molar-refractivity contribution < 1.29 is 14.3 Å². The SMILES string of the molecule is Cc1ccc(C)c(Sc2ccc(NC(=O)COC(=O)c3cnccn3)cc2)c1. The van der Waals surface area contributed by atoms with Crippen LogP contribution >= 0.6 is 11.8 Å². The Labute approximate surface area is 167 Å². The summed E-state index contributed by atoms with van der Waals surface area (Å²) < 4.78 is 4.93. The second kappa shape index (κ2) is 9.14. The molecule has 0 fully saturated rings. The number of carbonyl (C=O) groups is 2. The number of rotatable bonds is 6. The Kier molecular flexibility index (Phi) is 6.39. The molecule has 0 bridgehead atoms. The fourth-order valence-corrected chi connectivity index (χ4v) is 3.36. The molecule has 7 heteroatoms. The Morgan fingerprint density at radius 1 is 1.07 bits per heavy atom. The standard InChI is InChI=1S/C21H19N3O3S/c1-14-3-4-15(2)19(11-14)28-17-7-5-16(6-8-17)24-20(25)13-27-21(26)18-12-22-9-10-23-18/h3-12H,13H2,1-2H3,(H,24,25). The van der Waals surface area contributed by atoms with E-state index >= 15 is 0 Å². The van der Waals surface area contributed by atoms with E-state index in [1.165, 1.54) is 34.6 Å². The molecule has 0 aliphatic rings. The zero-order chi connectivity index (χ0) is 19.9. The van der Waals surface area contributed by atoms with Crippen LogP contribution in [0.15, 0.2) is 70.8 Å². The van der Waals surface area contributed by atoms with Crippen molar-refractivity contribution in [1.82, 2.24) is 9.97 Å². The van der Waals surface area contributed by atoms with E-state index in [4.69, 9.17) is 4.74 Å². The molecule has 0 saturated carbocycles. The Bertz CT molecular complexity index is 976. The number of carbonyl (C=O) groups excluding carboxylic acids is 2. The van der Waals surface area contributed by atoms with Crippen molar-refractivity contribution in [2.75, 3.05) is 11.9 Å². The predicted octanol–water partition coefficient (Wildman–Crippen LogP) is 4.04. The lowest BCUT2D eigenvalue weighted by Crippen LogP contribution is -2.21. The molecule has 0 radical (unpaired) electrons. The lowest BCUT2D eigenvalue weighted by molar-refractivity contribution is -0.119. The van der Waals surface area contributed by atoms with E-state index in [-0.39, 0.29) is 5.69 Å². The molecule has 28 heavy (non-hydrogen) atoms. The molecule has 0 aliphatic carbocycles. The summed E-state index contributed by atoms with van der Waals surface area (Å²) >= 11 is 1.67. The lowest BCUT2D eigenvalue weighted by Gasteiger charge is -2.09. The van der Waals surface area contributed by atoms with Crippen LogP contribution in [0.1, 0.15) is 21.6 Å². The van der Waals surface area contributed by atoms with E-state index in [1.807, 2.05) is 24.3 Å². The zero-order valence-corrected chi connectivity index (χ0v) is 16.3. The topological polar surface area (TPSA) is 81.2 Å². The smallest absolute Gasteiger partial charge is 0.359 e. The first-order valence-corrected chi connectivity index (χ1v) is 9.41. The third-order valence-corrected chi connectivity index (χ3v) is 4.98. The summed E-state index contributed by atoms with van der Waals surface area (Å²) in [6.45, 7) is 3.76. The fraction of sp³-hybridized carbons (Fsp3) is 0.143. The van der Waals surface area contributed by atoms with Crippen molar-refractivity contribution in [3.63, 3.8) is 0 Å². The number of ether oxygens (including phenoxy) is 1. The van der Waals surface area contributed by atoms with Crippen molar-refractivity contribution in [3.8, 4) is 0 Å². The van der Waals surface area contributed by atoms with Crippen LogP contribution in [-0.4, -0.2) is 28.5 Å². The van der Waals surface area contributed by atoms with Gasteiger partial charge in [-0.15, -0.1) is 0 Å². The third-order valence-electron chi connectivity index (χ3n) is 3.82. The molecule has 1 heterocycles. The number of benzene rings is 2. The summed E-state index contributed by atoms with van der Waals surface area (Å²) in [7, 11) is 0. The number of hydrogen-bond donors (Lipinski definition) is 1. The Morgan fingerprint density at radius 3 is 2.57 bits per heavy atom. The molecule has 3 aromatic rings. The highest BCUT2D eigenvalue weighted by Gasteiger charge is 2.11. The van der Waals surface area contributed by atoms with Crippen LogP contribution in [0.4, 0.5) is 5.69 Å². The Hall–Kier alpha value is -3.19. The van der Waals surface area contributed by atoms with Crippen LogP contribution < -0.4 is 5.32 Å². The number of esters is 1. The first-order valence-electron chi connectivity index (χ1n) is 8.59. The number of aromatic nitrogens is 2. The molecule has 2 aromatic carbocycles. The second-order valence-electron chi connectivity index (χ2n) is 6.11. The first kappa shape index (κ1) is 19.6. The monoisotopic (exact) mass is 393 g/mol. The molecular weight excluding hydrogens is 374 g/mol. The Morgan fingerprint density at radius 2 is 1.86 bits per heavy atom. The number of amides is 1. The summed E-state index contributed by atoms with van der Waals surface area (Å²) in [5.41, 5.74) is 3.12. The molecule has 142 valence electrons.